The van der Waals surface area contributed by atoms with Gasteiger partial charge in [0.25, 0.3) is 0 Å². The van der Waals surface area contributed by atoms with Crippen LogP contribution in [0.2, 0.25) is 0 Å². The van der Waals surface area contributed by atoms with E-state index in [2.05, 4.69) is 46.3 Å². The van der Waals surface area contributed by atoms with Crippen LogP contribution >= 0.6 is 0 Å². The summed E-state index contributed by atoms with van der Waals surface area (Å²) in [5.74, 6) is 0.120. The number of hydrogen-bond donors (Lipinski definition) is 1. The third kappa shape index (κ3) is 4.08. The summed E-state index contributed by atoms with van der Waals surface area (Å²) in [4.78, 5) is 17.1. The molecule has 2 fully saturated rings. The van der Waals surface area contributed by atoms with Crippen LogP contribution in [-0.4, -0.2) is 62.3 Å². The van der Waals surface area contributed by atoms with Gasteiger partial charge in [-0.3, -0.25) is 9.69 Å². The van der Waals surface area contributed by atoms with E-state index in [1.165, 1.54) is 11.3 Å². The van der Waals surface area contributed by atoms with Crippen LogP contribution in [0.25, 0.3) is 0 Å². The van der Waals surface area contributed by atoms with Gasteiger partial charge in [-0.05, 0) is 38.3 Å². The molecule has 1 aromatic carbocycles. The first-order chi connectivity index (χ1) is 11.6. The number of ether oxygens (including phenoxy) is 1. The van der Waals surface area contributed by atoms with Crippen molar-refractivity contribution in [3.05, 3.63) is 29.8 Å². The van der Waals surface area contributed by atoms with Gasteiger partial charge in [-0.15, -0.1) is 0 Å². The van der Waals surface area contributed by atoms with Gasteiger partial charge in [-0.2, -0.15) is 0 Å². The second-order valence-corrected chi connectivity index (χ2v) is 6.87. The van der Waals surface area contributed by atoms with Gasteiger partial charge < -0.3 is 15.0 Å². The van der Waals surface area contributed by atoms with Crippen molar-refractivity contribution in [2.24, 2.45) is 0 Å². The Bertz CT molecular complexity index is 549. The number of nitrogens with one attached hydrogen (secondary N) is 1. The first-order valence-corrected chi connectivity index (χ1v) is 9.09. The number of anilines is 1. The van der Waals surface area contributed by atoms with Crippen LogP contribution < -0.4 is 10.2 Å². The van der Waals surface area contributed by atoms with E-state index in [4.69, 9.17) is 4.74 Å². The van der Waals surface area contributed by atoms with E-state index in [0.29, 0.717) is 6.54 Å². The Kier molecular flexibility index (Phi) is 5.74. The number of carbonyl (C=O) groups excluding carboxylic acids is 1. The maximum absolute atomic E-state index is 12.4. The Balaban J connectivity index is 1.46. The summed E-state index contributed by atoms with van der Waals surface area (Å²) in [6.45, 7) is 9.41. The average molecular weight is 331 g/mol. The quantitative estimate of drug-likeness (QED) is 0.894. The van der Waals surface area contributed by atoms with Gasteiger partial charge in [0.1, 0.15) is 0 Å². The lowest BCUT2D eigenvalue weighted by atomic mass is 10.1. The molecular formula is C19H29N3O2. The van der Waals surface area contributed by atoms with Gasteiger partial charge in [0.2, 0.25) is 5.91 Å². The highest BCUT2D eigenvalue weighted by atomic mass is 16.5. The minimum absolute atomic E-state index is 0.0783. The van der Waals surface area contributed by atoms with Crippen LogP contribution in [-0.2, 0) is 9.53 Å². The summed E-state index contributed by atoms with van der Waals surface area (Å²) in [7, 11) is 0. The highest BCUT2D eigenvalue weighted by Gasteiger charge is 2.26. The molecule has 0 radical (unpaired) electrons. The molecule has 1 amide bonds. The highest BCUT2D eigenvalue weighted by molar-refractivity contribution is 5.81. The lowest BCUT2D eigenvalue weighted by molar-refractivity contribution is -0.126. The molecule has 3 rings (SSSR count). The van der Waals surface area contributed by atoms with Crippen LogP contribution in [0.3, 0.4) is 0 Å². The van der Waals surface area contributed by atoms with Crippen molar-refractivity contribution in [2.75, 3.05) is 44.2 Å². The van der Waals surface area contributed by atoms with E-state index in [0.717, 1.165) is 45.6 Å². The van der Waals surface area contributed by atoms with Crippen LogP contribution in [0.15, 0.2) is 24.3 Å². The number of benzene rings is 1. The Morgan fingerprint density at radius 2 is 2.04 bits per heavy atom. The first-order valence-electron chi connectivity index (χ1n) is 9.09. The Hall–Kier alpha value is -1.59. The SMILES string of the molecule is Cc1ccccc1N1CCN(C(C)C(=O)NCC2CCCO2)CC1. The van der Waals surface area contributed by atoms with E-state index in [1.807, 2.05) is 6.92 Å². The van der Waals surface area contributed by atoms with Gasteiger partial charge in [0.15, 0.2) is 0 Å². The molecular weight excluding hydrogens is 302 g/mol. The van der Waals surface area contributed by atoms with E-state index in [-0.39, 0.29) is 18.1 Å². The largest absolute Gasteiger partial charge is 0.376 e. The lowest BCUT2D eigenvalue weighted by Gasteiger charge is -2.39. The van der Waals surface area contributed by atoms with E-state index in [1.54, 1.807) is 0 Å². The van der Waals surface area contributed by atoms with Gasteiger partial charge in [-0.1, -0.05) is 18.2 Å². The Morgan fingerprint density at radius 1 is 1.29 bits per heavy atom. The van der Waals surface area contributed by atoms with Crippen molar-refractivity contribution in [1.29, 1.82) is 0 Å². The highest BCUT2D eigenvalue weighted by Crippen LogP contribution is 2.21. The molecule has 0 aliphatic carbocycles. The molecule has 0 aromatic heterocycles. The predicted molar refractivity (Wildman–Crippen MR) is 96.4 cm³/mol. The number of piperazine rings is 1. The number of para-hydroxylation sites is 1. The van der Waals surface area contributed by atoms with Crippen molar-refractivity contribution < 1.29 is 9.53 Å². The molecule has 5 nitrogen and oxygen atoms in total. The number of carbonyl (C=O) groups is 1. The van der Waals surface area contributed by atoms with Crippen molar-refractivity contribution >= 4 is 11.6 Å². The van der Waals surface area contributed by atoms with Gasteiger partial charge in [0, 0.05) is 45.0 Å². The van der Waals surface area contributed by atoms with Crippen LogP contribution in [0, 0.1) is 6.92 Å². The fourth-order valence-corrected chi connectivity index (χ4v) is 3.60. The smallest absolute Gasteiger partial charge is 0.237 e. The standard InChI is InChI=1S/C19H29N3O2/c1-15-6-3-4-8-18(15)22-11-9-21(10-12-22)16(2)19(23)20-14-17-7-5-13-24-17/h3-4,6,8,16-17H,5,7,9-14H2,1-2H3,(H,20,23). The summed E-state index contributed by atoms with van der Waals surface area (Å²) in [6, 6.07) is 8.43. The van der Waals surface area contributed by atoms with Crippen molar-refractivity contribution in [2.45, 2.75) is 38.8 Å². The summed E-state index contributed by atoms with van der Waals surface area (Å²) in [6.07, 6.45) is 2.37. The van der Waals surface area contributed by atoms with Gasteiger partial charge in [0.05, 0.1) is 12.1 Å². The number of rotatable bonds is 5. The normalized spacial score (nSPS) is 23.2. The van der Waals surface area contributed by atoms with Gasteiger partial charge >= 0.3 is 0 Å². The molecule has 24 heavy (non-hydrogen) atoms. The number of hydrogen-bond acceptors (Lipinski definition) is 4. The van der Waals surface area contributed by atoms with Gasteiger partial charge in [-0.25, -0.2) is 0 Å². The minimum atomic E-state index is -0.0783. The van der Waals surface area contributed by atoms with Crippen molar-refractivity contribution in [3.63, 3.8) is 0 Å². The van der Waals surface area contributed by atoms with E-state index in [9.17, 15) is 4.79 Å². The summed E-state index contributed by atoms with van der Waals surface area (Å²) in [5.41, 5.74) is 2.63. The molecule has 0 spiro atoms. The molecule has 2 aliphatic rings. The summed E-state index contributed by atoms with van der Waals surface area (Å²) >= 11 is 0. The fraction of sp³-hybridized carbons (Fsp3) is 0.632. The molecule has 2 heterocycles. The van der Waals surface area contributed by atoms with Crippen molar-refractivity contribution in [1.82, 2.24) is 10.2 Å². The third-order valence-electron chi connectivity index (χ3n) is 5.23. The molecule has 2 saturated heterocycles. The molecule has 2 aliphatic heterocycles. The Morgan fingerprint density at radius 3 is 2.71 bits per heavy atom. The van der Waals surface area contributed by atoms with Crippen LogP contribution in [0.1, 0.15) is 25.3 Å². The third-order valence-corrected chi connectivity index (χ3v) is 5.23. The number of aryl methyl sites for hydroxylation is 1. The van der Waals surface area contributed by atoms with Crippen LogP contribution in [0.4, 0.5) is 5.69 Å². The van der Waals surface area contributed by atoms with E-state index < -0.39 is 0 Å². The molecule has 1 aromatic rings. The minimum Gasteiger partial charge on any atom is -0.376 e. The molecule has 2 unspecified atom stereocenters. The summed E-state index contributed by atoms with van der Waals surface area (Å²) < 4.78 is 5.57. The molecule has 2 atom stereocenters. The average Bonchev–Trinajstić information content (AvgIpc) is 3.13. The van der Waals surface area contributed by atoms with Crippen molar-refractivity contribution in [3.8, 4) is 0 Å². The zero-order valence-electron chi connectivity index (χ0n) is 14.8. The topological polar surface area (TPSA) is 44.8 Å². The molecule has 0 saturated carbocycles. The monoisotopic (exact) mass is 331 g/mol. The zero-order chi connectivity index (χ0) is 16.9. The zero-order valence-corrected chi connectivity index (χ0v) is 14.8. The lowest BCUT2D eigenvalue weighted by Crippen LogP contribution is -2.54. The molecule has 132 valence electrons. The maximum Gasteiger partial charge on any atom is 0.237 e. The molecule has 0 bridgehead atoms. The second-order valence-electron chi connectivity index (χ2n) is 6.87. The predicted octanol–water partition coefficient (Wildman–Crippen LogP) is 1.80. The maximum atomic E-state index is 12.4. The Labute approximate surface area is 145 Å². The fourth-order valence-electron chi connectivity index (χ4n) is 3.60. The number of nitrogens with zero attached hydrogens (tertiary/aromatic N) is 2. The van der Waals surface area contributed by atoms with Crippen LogP contribution in [0.5, 0.6) is 0 Å². The molecule has 1 N–H and O–H groups in total. The summed E-state index contributed by atoms with van der Waals surface area (Å²) in [5, 5.41) is 3.05. The van der Waals surface area contributed by atoms with E-state index >= 15 is 0 Å². The first kappa shape index (κ1) is 17.2. The number of amides is 1. The second kappa shape index (κ2) is 7.99. The molecule has 5 heteroatoms.